The van der Waals surface area contributed by atoms with Gasteiger partial charge in [0.25, 0.3) is 0 Å². The lowest BCUT2D eigenvalue weighted by Gasteiger charge is -2.30. The molecule has 0 atom stereocenters. The summed E-state index contributed by atoms with van der Waals surface area (Å²) >= 11 is 0. The summed E-state index contributed by atoms with van der Waals surface area (Å²) < 4.78 is 5.08. The van der Waals surface area contributed by atoms with E-state index in [1.54, 1.807) is 5.20 Å². The molecule has 0 aliphatic carbocycles. The molecular formula is C20H34O2Si. The fourth-order valence-corrected chi connectivity index (χ4v) is 5.71. The summed E-state index contributed by atoms with van der Waals surface area (Å²) in [6.45, 7) is 11.3. The molecule has 0 amide bonds. The lowest BCUT2D eigenvalue weighted by molar-refractivity contribution is -0.135. The first kappa shape index (κ1) is 20.0. The molecule has 3 heteroatoms. The highest BCUT2D eigenvalue weighted by Gasteiger charge is 2.32. The number of hydrogen-bond donors (Lipinski definition) is 0. The standard InChI is InChI=1S/C20H34O2Si/c1-7-10-12-16(9-3)18-14-17(13-11-8-2)23(5,6)15-19(18)20(21)22-4/h14-15H,7-13H2,1-6H3/b18-16-. The van der Waals surface area contributed by atoms with Gasteiger partial charge in [-0.3, -0.25) is 0 Å². The molecule has 0 radical (unpaired) electrons. The highest BCUT2D eigenvalue weighted by molar-refractivity contribution is 6.89. The van der Waals surface area contributed by atoms with E-state index >= 15 is 0 Å². The van der Waals surface area contributed by atoms with Crippen LogP contribution in [0.4, 0.5) is 0 Å². The molecule has 2 nitrogen and oxygen atoms in total. The van der Waals surface area contributed by atoms with E-state index in [0.29, 0.717) is 0 Å². The molecule has 23 heavy (non-hydrogen) atoms. The molecule has 0 saturated heterocycles. The first-order valence-corrected chi connectivity index (χ1v) is 12.2. The molecule has 0 aromatic rings. The van der Waals surface area contributed by atoms with E-state index in [4.69, 9.17) is 4.74 Å². The normalized spacial score (nSPS) is 19.0. The Morgan fingerprint density at radius 1 is 1.13 bits per heavy atom. The third-order valence-electron chi connectivity index (χ3n) is 4.79. The van der Waals surface area contributed by atoms with Gasteiger partial charge in [0.05, 0.1) is 12.7 Å². The predicted octanol–water partition coefficient (Wildman–Crippen LogP) is 5.90. The van der Waals surface area contributed by atoms with Crippen LogP contribution in [0.1, 0.15) is 65.7 Å². The Bertz CT molecular complexity index is 510. The molecule has 0 aromatic heterocycles. The minimum absolute atomic E-state index is 0.172. The molecule has 0 saturated carbocycles. The SMILES string of the molecule is CCCCC1=C/C(=C(\CC)CCCC)C(C(=O)OC)=C[Si]1(C)C. The van der Waals surface area contributed by atoms with E-state index in [9.17, 15) is 4.79 Å². The van der Waals surface area contributed by atoms with E-state index in [0.717, 1.165) is 30.4 Å². The molecule has 1 aliphatic rings. The van der Waals surface area contributed by atoms with Crippen molar-refractivity contribution in [1.29, 1.82) is 0 Å². The van der Waals surface area contributed by atoms with Crippen LogP contribution in [0.25, 0.3) is 0 Å². The second-order valence-electron chi connectivity index (χ2n) is 7.02. The number of esters is 1. The van der Waals surface area contributed by atoms with Crippen molar-refractivity contribution in [1.82, 2.24) is 0 Å². The molecule has 0 bridgehead atoms. The fraction of sp³-hybridized carbons (Fsp3) is 0.650. The van der Waals surface area contributed by atoms with Gasteiger partial charge < -0.3 is 4.74 Å². The number of carbonyl (C=O) groups excluding carboxylic acids is 1. The van der Waals surface area contributed by atoms with Crippen LogP contribution in [-0.4, -0.2) is 21.2 Å². The number of methoxy groups -OCH3 is 1. The molecule has 1 heterocycles. The number of allylic oxidation sites excluding steroid dienone is 3. The second kappa shape index (κ2) is 9.26. The summed E-state index contributed by atoms with van der Waals surface area (Å²) in [5.41, 5.74) is 5.64. The number of carbonyl (C=O) groups is 1. The van der Waals surface area contributed by atoms with E-state index < -0.39 is 8.07 Å². The van der Waals surface area contributed by atoms with Crippen LogP contribution in [0.5, 0.6) is 0 Å². The maximum atomic E-state index is 12.3. The third kappa shape index (κ3) is 5.20. The number of ether oxygens (including phenoxy) is 1. The molecule has 0 fully saturated rings. The van der Waals surface area contributed by atoms with E-state index in [2.05, 4.69) is 45.6 Å². The van der Waals surface area contributed by atoms with Gasteiger partial charge in [-0.05, 0) is 31.3 Å². The zero-order chi connectivity index (χ0) is 17.5. The van der Waals surface area contributed by atoms with Crippen LogP contribution in [0.15, 0.2) is 33.7 Å². The Kier molecular flexibility index (Phi) is 8.04. The Morgan fingerprint density at radius 2 is 1.78 bits per heavy atom. The van der Waals surface area contributed by atoms with Gasteiger partial charge in [-0.2, -0.15) is 0 Å². The topological polar surface area (TPSA) is 26.3 Å². The number of rotatable bonds is 8. The summed E-state index contributed by atoms with van der Waals surface area (Å²) in [5.74, 6) is -0.172. The monoisotopic (exact) mass is 334 g/mol. The maximum absolute atomic E-state index is 12.3. The van der Waals surface area contributed by atoms with Crippen molar-refractivity contribution < 1.29 is 9.53 Å². The van der Waals surface area contributed by atoms with Crippen LogP contribution < -0.4 is 0 Å². The van der Waals surface area contributed by atoms with Crippen LogP contribution in [0, 0.1) is 0 Å². The lowest BCUT2D eigenvalue weighted by Crippen LogP contribution is -2.32. The summed E-state index contributed by atoms with van der Waals surface area (Å²) in [4.78, 5) is 12.3. The summed E-state index contributed by atoms with van der Waals surface area (Å²) in [5, 5.41) is 1.57. The molecule has 0 spiro atoms. The largest absolute Gasteiger partial charge is 0.465 e. The van der Waals surface area contributed by atoms with Crippen molar-refractivity contribution >= 4 is 14.0 Å². The summed E-state index contributed by atoms with van der Waals surface area (Å²) in [7, 11) is -0.177. The molecule has 0 aromatic carbocycles. The number of unbranched alkanes of at least 4 members (excludes halogenated alkanes) is 2. The summed E-state index contributed by atoms with van der Waals surface area (Å²) in [6, 6.07) is 0. The first-order chi connectivity index (χ1) is 10.9. The van der Waals surface area contributed by atoms with Crippen LogP contribution in [0.2, 0.25) is 13.1 Å². The average Bonchev–Trinajstić information content (AvgIpc) is 2.53. The van der Waals surface area contributed by atoms with Gasteiger partial charge in [0.2, 0.25) is 0 Å². The van der Waals surface area contributed by atoms with Crippen LogP contribution in [-0.2, 0) is 9.53 Å². The minimum Gasteiger partial charge on any atom is -0.465 e. The van der Waals surface area contributed by atoms with Gasteiger partial charge in [0, 0.05) is 0 Å². The van der Waals surface area contributed by atoms with Gasteiger partial charge in [-0.15, -0.1) is 0 Å². The number of hydrogen-bond acceptors (Lipinski definition) is 2. The average molecular weight is 335 g/mol. The van der Waals surface area contributed by atoms with Crippen molar-refractivity contribution in [2.24, 2.45) is 0 Å². The molecule has 130 valence electrons. The van der Waals surface area contributed by atoms with Crippen molar-refractivity contribution in [3.8, 4) is 0 Å². The zero-order valence-corrected chi connectivity index (χ0v) is 16.9. The molecule has 1 rings (SSSR count). The van der Waals surface area contributed by atoms with E-state index in [1.807, 2.05) is 0 Å². The van der Waals surface area contributed by atoms with Gasteiger partial charge in [-0.25, -0.2) is 4.79 Å². The van der Waals surface area contributed by atoms with Crippen molar-refractivity contribution in [3.05, 3.63) is 33.7 Å². The van der Waals surface area contributed by atoms with Gasteiger partial charge >= 0.3 is 5.97 Å². The van der Waals surface area contributed by atoms with Crippen molar-refractivity contribution in [3.63, 3.8) is 0 Å². The Hall–Kier alpha value is -1.09. The quantitative estimate of drug-likeness (QED) is 0.408. The van der Waals surface area contributed by atoms with E-state index in [-0.39, 0.29) is 5.97 Å². The fourth-order valence-electron chi connectivity index (χ4n) is 3.19. The minimum atomic E-state index is -1.67. The molecular weight excluding hydrogens is 300 g/mol. The maximum Gasteiger partial charge on any atom is 0.337 e. The van der Waals surface area contributed by atoms with Gasteiger partial charge in [0.15, 0.2) is 0 Å². The molecule has 1 aliphatic heterocycles. The molecule has 0 unspecified atom stereocenters. The Morgan fingerprint density at radius 3 is 2.30 bits per heavy atom. The van der Waals surface area contributed by atoms with Crippen molar-refractivity contribution in [2.75, 3.05) is 7.11 Å². The zero-order valence-electron chi connectivity index (χ0n) is 15.9. The Balaban J connectivity index is 3.35. The first-order valence-electron chi connectivity index (χ1n) is 9.15. The smallest absolute Gasteiger partial charge is 0.337 e. The predicted molar refractivity (Wildman–Crippen MR) is 102 cm³/mol. The Labute approximate surface area is 143 Å². The van der Waals surface area contributed by atoms with Gasteiger partial charge in [0.1, 0.15) is 8.07 Å². The van der Waals surface area contributed by atoms with Gasteiger partial charge in [-0.1, -0.05) is 75.7 Å². The highest BCUT2D eigenvalue weighted by Crippen LogP contribution is 2.35. The molecule has 0 N–H and O–H groups in total. The second-order valence-corrected chi connectivity index (χ2v) is 11.4. The summed E-state index contributed by atoms with van der Waals surface area (Å²) in [6.07, 6.45) is 10.4. The van der Waals surface area contributed by atoms with E-state index in [1.165, 1.54) is 38.4 Å². The highest BCUT2D eigenvalue weighted by atomic mass is 28.3. The van der Waals surface area contributed by atoms with Crippen LogP contribution in [0.3, 0.4) is 0 Å². The third-order valence-corrected chi connectivity index (χ3v) is 7.85. The lowest BCUT2D eigenvalue weighted by atomic mass is 9.94. The van der Waals surface area contributed by atoms with Crippen molar-refractivity contribution in [2.45, 2.75) is 78.8 Å². The van der Waals surface area contributed by atoms with Crippen LogP contribution >= 0.6 is 0 Å².